The Hall–Kier alpha value is -3.70. The molecule has 3 aromatic carbocycles. The van der Waals surface area contributed by atoms with Gasteiger partial charge in [0.25, 0.3) is 0 Å². The van der Waals surface area contributed by atoms with E-state index in [2.05, 4.69) is 0 Å². The van der Waals surface area contributed by atoms with Gasteiger partial charge in [0.2, 0.25) is 0 Å². The van der Waals surface area contributed by atoms with E-state index in [-0.39, 0.29) is 12.4 Å². The fraction of sp³-hybridized carbons (Fsp3) is 0.0833. The molecule has 4 rings (SSSR count). The number of carbonyl (C=O) groups is 1. The van der Waals surface area contributed by atoms with Crippen molar-refractivity contribution in [1.82, 2.24) is 4.98 Å². The molecule has 0 saturated heterocycles. The van der Waals surface area contributed by atoms with Crippen molar-refractivity contribution >= 4 is 16.9 Å². The highest BCUT2D eigenvalue weighted by molar-refractivity contribution is 5.88. The Morgan fingerprint density at radius 2 is 1.66 bits per heavy atom. The Morgan fingerprint density at radius 3 is 2.41 bits per heavy atom. The van der Waals surface area contributed by atoms with E-state index in [0.717, 1.165) is 33.3 Å². The second-order valence-electron chi connectivity index (χ2n) is 6.57. The molecule has 1 heterocycles. The number of methoxy groups -OCH3 is 1. The van der Waals surface area contributed by atoms with E-state index in [1.165, 1.54) is 0 Å². The molecule has 0 aliphatic carbocycles. The summed E-state index contributed by atoms with van der Waals surface area (Å²) in [6, 6.07) is 24.6. The third-order valence-corrected chi connectivity index (χ3v) is 4.61. The second-order valence-corrected chi connectivity index (χ2v) is 6.57. The summed E-state index contributed by atoms with van der Waals surface area (Å²) in [6.45, 7) is 0.131. The van der Waals surface area contributed by atoms with Crippen LogP contribution in [0.5, 0.6) is 5.75 Å². The number of nitrogens with zero attached hydrogens (tertiary/aromatic N) is 1. The Labute approximate surface area is 168 Å². The van der Waals surface area contributed by atoms with Crippen LogP contribution in [0.1, 0.15) is 10.4 Å². The van der Waals surface area contributed by atoms with Gasteiger partial charge in [-0.3, -0.25) is 0 Å². The number of rotatable bonds is 6. The van der Waals surface area contributed by atoms with E-state index < -0.39 is 5.97 Å². The van der Waals surface area contributed by atoms with E-state index in [9.17, 15) is 4.79 Å². The number of benzene rings is 3. The lowest BCUT2D eigenvalue weighted by Gasteiger charge is -2.12. The minimum Gasteiger partial charge on any atom is -0.478 e. The first kappa shape index (κ1) is 18.7. The molecule has 0 unspecified atom stereocenters. The first-order chi connectivity index (χ1) is 14.1. The van der Waals surface area contributed by atoms with Crippen molar-refractivity contribution in [3.8, 4) is 28.1 Å². The van der Waals surface area contributed by atoms with E-state index in [4.69, 9.17) is 19.6 Å². The molecule has 29 heavy (non-hydrogen) atoms. The number of pyridine rings is 1. The molecular weight excluding hydrogens is 366 g/mol. The predicted octanol–water partition coefficient (Wildman–Crippen LogP) is 5.25. The largest absolute Gasteiger partial charge is 0.478 e. The summed E-state index contributed by atoms with van der Waals surface area (Å²) in [6.07, 6.45) is 0. The van der Waals surface area contributed by atoms with Crippen LogP contribution < -0.4 is 4.74 Å². The number of aromatic nitrogens is 1. The van der Waals surface area contributed by atoms with Crippen LogP contribution in [0.15, 0.2) is 78.9 Å². The maximum Gasteiger partial charge on any atom is 0.335 e. The summed E-state index contributed by atoms with van der Waals surface area (Å²) in [5, 5.41) is 10.2. The van der Waals surface area contributed by atoms with Crippen LogP contribution in [0.25, 0.3) is 33.3 Å². The number of hydrogen-bond acceptors (Lipinski definition) is 4. The van der Waals surface area contributed by atoms with Crippen molar-refractivity contribution in [3.63, 3.8) is 0 Å². The molecule has 0 aliphatic rings. The van der Waals surface area contributed by atoms with Crippen LogP contribution in [0, 0.1) is 0 Å². The number of hydrogen-bond donors (Lipinski definition) is 1. The molecule has 0 atom stereocenters. The van der Waals surface area contributed by atoms with E-state index in [1.54, 1.807) is 31.4 Å². The van der Waals surface area contributed by atoms with Gasteiger partial charge in [-0.25, -0.2) is 9.78 Å². The van der Waals surface area contributed by atoms with Crippen LogP contribution >= 0.6 is 0 Å². The summed E-state index contributed by atoms with van der Waals surface area (Å²) in [5.74, 6) is -0.300. The molecule has 0 amide bonds. The normalized spacial score (nSPS) is 10.8. The first-order valence-corrected chi connectivity index (χ1v) is 9.11. The molecule has 0 saturated carbocycles. The molecule has 4 aromatic rings. The molecule has 1 N–H and O–H groups in total. The SMILES string of the molecule is COCOc1cc(-c2ccc(C(=O)O)cc2)cc(-c2ccc3ccccc3n2)c1. The number of carboxylic acids is 1. The van der Waals surface area contributed by atoms with Gasteiger partial charge < -0.3 is 14.6 Å². The molecule has 144 valence electrons. The summed E-state index contributed by atoms with van der Waals surface area (Å²) in [5.41, 5.74) is 4.69. The first-order valence-electron chi connectivity index (χ1n) is 9.11. The molecule has 5 heteroatoms. The Morgan fingerprint density at radius 1 is 0.897 bits per heavy atom. The third-order valence-electron chi connectivity index (χ3n) is 4.61. The molecule has 0 fully saturated rings. The average molecular weight is 385 g/mol. The minimum atomic E-state index is -0.949. The summed E-state index contributed by atoms with van der Waals surface area (Å²) < 4.78 is 10.7. The molecule has 0 bridgehead atoms. The lowest BCUT2D eigenvalue weighted by atomic mass is 9.99. The Bertz CT molecular complexity index is 1170. The van der Waals surface area contributed by atoms with Gasteiger partial charge in [-0.15, -0.1) is 0 Å². The van der Waals surface area contributed by atoms with Crippen LogP contribution in [0.2, 0.25) is 0 Å². The van der Waals surface area contributed by atoms with Crippen molar-refractivity contribution in [3.05, 3.63) is 84.4 Å². The van der Waals surface area contributed by atoms with Crippen LogP contribution in [-0.2, 0) is 4.74 Å². The molecule has 5 nitrogen and oxygen atoms in total. The number of para-hydroxylation sites is 1. The number of aromatic carboxylic acids is 1. The van der Waals surface area contributed by atoms with Gasteiger partial charge in [0.1, 0.15) is 5.75 Å². The maximum absolute atomic E-state index is 11.1. The highest BCUT2D eigenvalue weighted by Crippen LogP contribution is 2.32. The maximum atomic E-state index is 11.1. The van der Waals surface area contributed by atoms with E-state index in [0.29, 0.717) is 5.75 Å². The summed E-state index contributed by atoms with van der Waals surface area (Å²) in [7, 11) is 1.57. The fourth-order valence-corrected chi connectivity index (χ4v) is 3.16. The zero-order valence-corrected chi connectivity index (χ0v) is 15.8. The number of ether oxygens (including phenoxy) is 2. The van der Waals surface area contributed by atoms with Crippen molar-refractivity contribution in [1.29, 1.82) is 0 Å². The number of fused-ring (bicyclic) bond motifs is 1. The topological polar surface area (TPSA) is 68.7 Å². The standard InChI is InChI=1S/C24H19NO4/c1-28-15-29-21-13-19(16-6-8-18(9-7-16)24(26)27)12-20(14-21)23-11-10-17-4-2-3-5-22(17)25-23/h2-14H,15H2,1H3,(H,26,27). The predicted molar refractivity (Wildman–Crippen MR) is 112 cm³/mol. The average Bonchev–Trinajstić information content (AvgIpc) is 2.77. The lowest BCUT2D eigenvalue weighted by molar-refractivity contribution is 0.0512. The highest BCUT2D eigenvalue weighted by Gasteiger charge is 2.09. The van der Waals surface area contributed by atoms with E-state index in [1.807, 2.05) is 54.6 Å². The Balaban J connectivity index is 1.79. The quantitative estimate of drug-likeness (QED) is 0.459. The van der Waals surface area contributed by atoms with Gasteiger partial charge in [-0.2, -0.15) is 0 Å². The zero-order valence-electron chi connectivity index (χ0n) is 15.8. The van der Waals surface area contributed by atoms with Crippen LogP contribution in [0.3, 0.4) is 0 Å². The van der Waals surface area contributed by atoms with Gasteiger partial charge >= 0.3 is 5.97 Å². The minimum absolute atomic E-state index is 0.131. The number of carboxylic acid groups (broad SMARTS) is 1. The fourth-order valence-electron chi connectivity index (χ4n) is 3.16. The van der Waals surface area contributed by atoms with Crippen molar-refractivity contribution < 1.29 is 19.4 Å². The summed E-state index contributed by atoms with van der Waals surface area (Å²) in [4.78, 5) is 15.9. The van der Waals surface area contributed by atoms with Gasteiger partial charge in [0, 0.05) is 18.1 Å². The monoisotopic (exact) mass is 385 g/mol. The molecule has 0 aliphatic heterocycles. The summed E-state index contributed by atoms with van der Waals surface area (Å²) >= 11 is 0. The molecule has 1 aromatic heterocycles. The van der Waals surface area contributed by atoms with Gasteiger partial charge in [-0.05, 0) is 53.6 Å². The molecular formula is C24H19NO4. The van der Waals surface area contributed by atoms with E-state index >= 15 is 0 Å². The van der Waals surface area contributed by atoms with Crippen molar-refractivity contribution in [2.75, 3.05) is 13.9 Å². The van der Waals surface area contributed by atoms with Gasteiger partial charge in [0.15, 0.2) is 6.79 Å². The van der Waals surface area contributed by atoms with Crippen LogP contribution in [-0.4, -0.2) is 30.0 Å². The van der Waals surface area contributed by atoms with Gasteiger partial charge in [-0.1, -0.05) is 36.4 Å². The molecule has 0 spiro atoms. The van der Waals surface area contributed by atoms with Crippen molar-refractivity contribution in [2.24, 2.45) is 0 Å². The second kappa shape index (κ2) is 8.12. The third kappa shape index (κ3) is 4.10. The highest BCUT2D eigenvalue weighted by atomic mass is 16.7. The van der Waals surface area contributed by atoms with Gasteiger partial charge in [0.05, 0.1) is 16.8 Å². The smallest absolute Gasteiger partial charge is 0.335 e. The van der Waals surface area contributed by atoms with Crippen LogP contribution in [0.4, 0.5) is 0 Å². The zero-order chi connectivity index (χ0) is 20.2. The molecule has 0 radical (unpaired) electrons. The Kier molecular flexibility index (Phi) is 5.22. The van der Waals surface area contributed by atoms with Crippen molar-refractivity contribution in [2.45, 2.75) is 0 Å². The lowest BCUT2D eigenvalue weighted by Crippen LogP contribution is -1.99.